The van der Waals surface area contributed by atoms with Gasteiger partial charge in [-0.15, -0.1) is 13.2 Å². The van der Waals surface area contributed by atoms with Crippen molar-refractivity contribution >= 4 is 11.9 Å². The molecular weight excluding hydrogens is 244 g/mol. The van der Waals surface area contributed by atoms with E-state index in [1.165, 1.54) is 14.2 Å². The topological polar surface area (TPSA) is 52.6 Å². The Hall–Kier alpha value is -1.58. The Labute approximate surface area is 115 Å². The van der Waals surface area contributed by atoms with Crippen LogP contribution in [0.2, 0.25) is 0 Å². The molecule has 0 saturated heterocycles. The summed E-state index contributed by atoms with van der Waals surface area (Å²) in [6, 6.07) is 0. The van der Waals surface area contributed by atoms with Gasteiger partial charge in [-0.25, -0.2) is 0 Å². The van der Waals surface area contributed by atoms with Crippen molar-refractivity contribution in [2.45, 2.75) is 38.5 Å². The number of methoxy groups -OCH3 is 2. The number of ether oxygens (including phenoxy) is 2. The van der Waals surface area contributed by atoms with Gasteiger partial charge >= 0.3 is 11.9 Å². The molecule has 0 N–H and O–H groups in total. The summed E-state index contributed by atoms with van der Waals surface area (Å²) < 4.78 is 9.62. The number of allylic oxidation sites excluding steroid dienone is 2. The zero-order valence-electron chi connectivity index (χ0n) is 11.9. The van der Waals surface area contributed by atoms with Gasteiger partial charge in [-0.3, -0.25) is 9.59 Å². The van der Waals surface area contributed by atoms with Crippen LogP contribution in [0.5, 0.6) is 0 Å². The largest absolute Gasteiger partial charge is 0.468 e. The van der Waals surface area contributed by atoms with E-state index in [9.17, 15) is 9.59 Å². The van der Waals surface area contributed by atoms with Crippen LogP contribution in [0.4, 0.5) is 0 Å². The van der Waals surface area contributed by atoms with Gasteiger partial charge in [0.2, 0.25) is 0 Å². The van der Waals surface area contributed by atoms with Crippen molar-refractivity contribution in [3.05, 3.63) is 25.3 Å². The van der Waals surface area contributed by atoms with Gasteiger partial charge in [0.1, 0.15) is 0 Å². The summed E-state index contributed by atoms with van der Waals surface area (Å²) >= 11 is 0. The molecule has 0 aliphatic carbocycles. The van der Waals surface area contributed by atoms with Gasteiger partial charge in [0.25, 0.3) is 0 Å². The van der Waals surface area contributed by atoms with Crippen LogP contribution in [0.3, 0.4) is 0 Å². The van der Waals surface area contributed by atoms with Crippen LogP contribution in [-0.2, 0) is 19.1 Å². The fourth-order valence-corrected chi connectivity index (χ4v) is 2.10. The predicted octanol–water partition coefficient (Wildman–Crippen LogP) is 3.03. The molecule has 0 radical (unpaired) electrons. The molecule has 108 valence electrons. The molecule has 0 aromatic carbocycles. The Morgan fingerprint density at radius 2 is 1.32 bits per heavy atom. The van der Waals surface area contributed by atoms with Gasteiger partial charge in [-0.1, -0.05) is 12.2 Å². The van der Waals surface area contributed by atoms with Gasteiger partial charge in [0.05, 0.1) is 14.2 Å². The van der Waals surface area contributed by atoms with Crippen LogP contribution in [-0.4, -0.2) is 26.2 Å². The van der Waals surface area contributed by atoms with Crippen LogP contribution in [0, 0.1) is 5.41 Å². The molecular formula is C15H24O4. The quantitative estimate of drug-likeness (QED) is 0.264. The Morgan fingerprint density at radius 3 is 1.58 bits per heavy atom. The van der Waals surface area contributed by atoms with E-state index in [1.54, 1.807) is 12.2 Å². The number of carbonyl (C=O) groups excluding carboxylic acids is 2. The number of esters is 2. The molecule has 4 heteroatoms. The first kappa shape index (κ1) is 17.4. The second-order valence-electron chi connectivity index (χ2n) is 4.43. The minimum absolute atomic E-state index is 0.412. The molecule has 0 spiro atoms. The molecule has 19 heavy (non-hydrogen) atoms. The average molecular weight is 268 g/mol. The molecule has 0 amide bonds. The van der Waals surface area contributed by atoms with Crippen molar-refractivity contribution in [2.24, 2.45) is 5.41 Å². The SMILES string of the molecule is C=CCCCC(CCCC=C)(C(=O)OC)C(=O)OC. The maximum absolute atomic E-state index is 12.0. The van der Waals surface area contributed by atoms with Crippen molar-refractivity contribution < 1.29 is 19.1 Å². The molecule has 0 aliphatic heterocycles. The summed E-state index contributed by atoms with van der Waals surface area (Å²) in [5.74, 6) is -1.04. The third-order valence-electron chi connectivity index (χ3n) is 3.18. The highest BCUT2D eigenvalue weighted by atomic mass is 16.5. The fourth-order valence-electron chi connectivity index (χ4n) is 2.10. The summed E-state index contributed by atoms with van der Waals surface area (Å²) in [6.45, 7) is 7.28. The highest BCUT2D eigenvalue weighted by molar-refractivity contribution is 5.99. The maximum Gasteiger partial charge on any atom is 0.323 e. The normalized spacial score (nSPS) is 10.6. The van der Waals surface area contributed by atoms with E-state index >= 15 is 0 Å². The third kappa shape index (κ3) is 4.89. The zero-order valence-corrected chi connectivity index (χ0v) is 11.9. The van der Waals surface area contributed by atoms with E-state index in [0.29, 0.717) is 25.7 Å². The van der Waals surface area contributed by atoms with E-state index in [0.717, 1.165) is 12.8 Å². The lowest BCUT2D eigenvalue weighted by Crippen LogP contribution is -2.41. The molecule has 0 saturated carbocycles. The van der Waals surface area contributed by atoms with Crippen LogP contribution in [0.25, 0.3) is 0 Å². The predicted molar refractivity (Wildman–Crippen MR) is 74.6 cm³/mol. The van der Waals surface area contributed by atoms with Gasteiger partial charge in [0, 0.05) is 0 Å². The second-order valence-corrected chi connectivity index (χ2v) is 4.43. The summed E-state index contributed by atoms with van der Waals surface area (Å²) in [6.07, 6.45) is 7.25. The minimum atomic E-state index is -1.20. The van der Waals surface area contributed by atoms with E-state index in [-0.39, 0.29) is 0 Å². The van der Waals surface area contributed by atoms with E-state index in [1.807, 2.05) is 0 Å². The van der Waals surface area contributed by atoms with Crippen LogP contribution in [0.1, 0.15) is 38.5 Å². The van der Waals surface area contributed by atoms with Gasteiger partial charge in [-0.2, -0.15) is 0 Å². The third-order valence-corrected chi connectivity index (χ3v) is 3.18. The Bertz CT molecular complexity index is 288. The van der Waals surface area contributed by atoms with Crippen LogP contribution >= 0.6 is 0 Å². The smallest absolute Gasteiger partial charge is 0.323 e. The first-order valence-corrected chi connectivity index (χ1v) is 6.47. The number of unbranched alkanes of at least 4 members (excludes halogenated alkanes) is 2. The summed E-state index contributed by atoms with van der Waals surface area (Å²) in [5, 5.41) is 0. The fraction of sp³-hybridized carbons (Fsp3) is 0.600. The molecule has 4 nitrogen and oxygen atoms in total. The molecule has 0 aromatic rings. The standard InChI is InChI=1S/C15H24O4/c1-5-7-9-11-15(13(16)18-3,14(17)19-4)12-10-8-6-2/h5-6H,1-2,7-12H2,3-4H3. The number of hydrogen-bond acceptors (Lipinski definition) is 4. The van der Waals surface area contributed by atoms with Crippen molar-refractivity contribution in [1.29, 1.82) is 0 Å². The number of hydrogen-bond donors (Lipinski definition) is 0. The molecule has 0 heterocycles. The van der Waals surface area contributed by atoms with E-state index in [4.69, 9.17) is 9.47 Å². The molecule has 0 aromatic heterocycles. The zero-order chi connectivity index (χ0) is 14.7. The first-order valence-electron chi connectivity index (χ1n) is 6.47. The van der Waals surface area contributed by atoms with Crippen LogP contribution in [0.15, 0.2) is 25.3 Å². The molecule has 0 rings (SSSR count). The minimum Gasteiger partial charge on any atom is -0.468 e. The van der Waals surface area contributed by atoms with Crippen molar-refractivity contribution in [3.8, 4) is 0 Å². The van der Waals surface area contributed by atoms with E-state index in [2.05, 4.69) is 13.2 Å². The van der Waals surface area contributed by atoms with Crippen LogP contribution < -0.4 is 0 Å². The second kappa shape index (κ2) is 9.36. The molecule has 0 atom stereocenters. The lowest BCUT2D eigenvalue weighted by atomic mass is 9.78. The molecule has 0 bridgehead atoms. The lowest BCUT2D eigenvalue weighted by Gasteiger charge is -2.28. The maximum atomic E-state index is 12.0. The Morgan fingerprint density at radius 1 is 0.947 bits per heavy atom. The van der Waals surface area contributed by atoms with E-state index < -0.39 is 17.4 Å². The summed E-state index contributed by atoms with van der Waals surface area (Å²) in [5.41, 5.74) is -1.20. The van der Waals surface area contributed by atoms with Crippen molar-refractivity contribution in [2.75, 3.05) is 14.2 Å². The van der Waals surface area contributed by atoms with Crippen molar-refractivity contribution in [1.82, 2.24) is 0 Å². The molecule has 0 aliphatic rings. The highest BCUT2D eigenvalue weighted by Crippen LogP contribution is 2.34. The van der Waals surface area contributed by atoms with Gasteiger partial charge in [0.15, 0.2) is 5.41 Å². The number of rotatable bonds is 10. The average Bonchev–Trinajstić information content (AvgIpc) is 2.44. The van der Waals surface area contributed by atoms with Gasteiger partial charge in [-0.05, 0) is 38.5 Å². The summed E-state index contributed by atoms with van der Waals surface area (Å²) in [7, 11) is 2.59. The Balaban J connectivity index is 5.06. The molecule has 0 fully saturated rings. The lowest BCUT2D eigenvalue weighted by molar-refractivity contribution is -0.170. The van der Waals surface area contributed by atoms with Gasteiger partial charge < -0.3 is 9.47 Å². The first-order chi connectivity index (χ1) is 9.08. The van der Waals surface area contributed by atoms with Crippen molar-refractivity contribution in [3.63, 3.8) is 0 Å². The monoisotopic (exact) mass is 268 g/mol. The molecule has 0 unspecified atom stereocenters. The highest BCUT2D eigenvalue weighted by Gasteiger charge is 2.47. The summed E-state index contributed by atoms with van der Waals surface area (Å²) in [4.78, 5) is 24.1. The number of carbonyl (C=O) groups is 2. The Kier molecular flexibility index (Phi) is 8.58.